The monoisotopic (exact) mass is 526 g/mol. The van der Waals surface area contributed by atoms with Crippen LogP contribution in [0.15, 0.2) is 35.8 Å². The van der Waals surface area contributed by atoms with Crippen molar-refractivity contribution < 1.29 is 9.47 Å². The maximum atomic E-state index is 5.43. The lowest BCUT2D eigenvalue weighted by molar-refractivity contribution is 0.392. The summed E-state index contributed by atoms with van der Waals surface area (Å²) in [4.78, 5) is 7.08. The van der Waals surface area contributed by atoms with Gasteiger partial charge in [-0.25, -0.2) is 4.99 Å². The van der Waals surface area contributed by atoms with Crippen molar-refractivity contribution in [2.24, 2.45) is 12.0 Å². The van der Waals surface area contributed by atoms with Crippen molar-refractivity contribution in [1.82, 2.24) is 25.0 Å². The van der Waals surface area contributed by atoms with Gasteiger partial charge in [0, 0.05) is 38.7 Å². The van der Waals surface area contributed by atoms with Crippen molar-refractivity contribution in [2.45, 2.75) is 25.8 Å². The highest BCUT2D eigenvalue weighted by Gasteiger charge is 2.27. The van der Waals surface area contributed by atoms with E-state index in [0.717, 1.165) is 48.6 Å². The highest BCUT2D eigenvalue weighted by molar-refractivity contribution is 14.0. The Bertz CT molecular complexity index is 860. The van der Waals surface area contributed by atoms with E-state index >= 15 is 0 Å². The highest BCUT2D eigenvalue weighted by Crippen LogP contribution is 2.32. The largest absolute Gasteiger partial charge is 0.497 e. The Balaban J connectivity index is 0.00000320. The minimum atomic E-state index is 0. The summed E-state index contributed by atoms with van der Waals surface area (Å²) in [6.07, 6.45) is 2.87. The average molecular weight is 526 g/mol. The summed E-state index contributed by atoms with van der Waals surface area (Å²) in [5.41, 5.74) is 1.22. The fraction of sp³-hybridized carbons (Fsp3) is 0.476. The lowest BCUT2D eigenvalue weighted by Gasteiger charge is -2.22. The van der Waals surface area contributed by atoms with Crippen molar-refractivity contribution >= 4 is 29.9 Å². The van der Waals surface area contributed by atoms with Crippen LogP contribution in [0.5, 0.6) is 11.5 Å². The fourth-order valence-corrected chi connectivity index (χ4v) is 3.46. The topological polar surface area (TPSA) is 76.8 Å². The molecule has 1 aliphatic rings. The van der Waals surface area contributed by atoms with E-state index in [0.29, 0.717) is 19.0 Å². The Morgan fingerprint density at radius 2 is 1.97 bits per heavy atom. The molecule has 3 rings (SSSR count). The molecule has 1 aliphatic heterocycles. The van der Waals surface area contributed by atoms with E-state index in [4.69, 9.17) is 14.5 Å². The molecule has 0 spiro atoms. The number of benzene rings is 1. The Hall–Kier alpha value is -2.30. The molecule has 0 bridgehead atoms. The number of guanidine groups is 1. The van der Waals surface area contributed by atoms with Gasteiger partial charge in [0.25, 0.3) is 0 Å². The number of nitrogens with one attached hydrogen (secondary N) is 1. The molecule has 1 aromatic heterocycles. The van der Waals surface area contributed by atoms with Crippen LogP contribution in [-0.4, -0.2) is 59.5 Å². The van der Waals surface area contributed by atoms with Gasteiger partial charge >= 0.3 is 0 Å². The number of hydrogen-bond acceptors (Lipinski definition) is 5. The third-order valence-corrected chi connectivity index (χ3v) is 5.29. The summed E-state index contributed by atoms with van der Waals surface area (Å²) in [6.45, 7) is 8.67. The van der Waals surface area contributed by atoms with Gasteiger partial charge in [0.2, 0.25) is 0 Å². The maximum absolute atomic E-state index is 5.43. The Morgan fingerprint density at radius 1 is 1.27 bits per heavy atom. The molecule has 1 atom stereocenters. The van der Waals surface area contributed by atoms with Crippen molar-refractivity contribution in [3.8, 4) is 11.5 Å². The van der Waals surface area contributed by atoms with Gasteiger partial charge in [-0.15, -0.1) is 40.8 Å². The Kier molecular flexibility index (Phi) is 8.94. The number of halogens is 1. The lowest BCUT2D eigenvalue weighted by atomic mass is 9.98. The van der Waals surface area contributed by atoms with Gasteiger partial charge < -0.3 is 24.3 Å². The molecule has 1 N–H and O–H groups in total. The standard InChI is InChI=1S/C21H30N6O2.HI/c1-6-8-22-21(23-13-20-25-24-15(2)26(20)3)27-9-7-16(14-27)17-10-18(28-4)12-19(11-17)29-5;/h6,10-12,16H,1,7-9,13-14H2,2-5H3,(H,22,23);1H. The number of rotatable bonds is 7. The Morgan fingerprint density at radius 3 is 2.53 bits per heavy atom. The number of ether oxygens (including phenoxy) is 2. The van der Waals surface area contributed by atoms with Crippen LogP contribution in [0.1, 0.15) is 29.6 Å². The van der Waals surface area contributed by atoms with E-state index in [1.165, 1.54) is 5.56 Å². The molecular weight excluding hydrogens is 495 g/mol. The van der Waals surface area contributed by atoms with Gasteiger partial charge in [-0.3, -0.25) is 0 Å². The molecule has 1 unspecified atom stereocenters. The van der Waals surface area contributed by atoms with Crippen molar-refractivity contribution in [3.05, 3.63) is 48.1 Å². The maximum Gasteiger partial charge on any atom is 0.194 e. The third kappa shape index (κ3) is 5.65. The lowest BCUT2D eigenvalue weighted by Crippen LogP contribution is -2.40. The summed E-state index contributed by atoms with van der Waals surface area (Å²) in [6, 6.07) is 6.08. The van der Waals surface area contributed by atoms with E-state index in [1.54, 1.807) is 14.2 Å². The van der Waals surface area contributed by atoms with Crippen LogP contribution in [0.4, 0.5) is 0 Å². The first-order chi connectivity index (χ1) is 14.0. The minimum absolute atomic E-state index is 0. The van der Waals surface area contributed by atoms with E-state index in [-0.39, 0.29) is 24.0 Å². The van der Waals surface area contributed by atoms with E-state index in [1.807, 2.05) is 30.7 Å². The smallest absolute Gasteiger partial charge is 0.194 e. The molecule has 0 amide bonds. The summed E-state index contributed by atoms with van der Waals surface area (Å²) in [7, 11) is 5.31. The van der Waals surface area contributed by atoms with E-state index in [9.17, 15) is 0 Å². The van der Waals surface area contributed by atoms with Crippen LogP contribution in [0.2, 0.25) is 0 Å². The van der Waals surface area contributed by atoms with Crippen LogP contribution in [-0.2, 0) is 13.6 Å². The first kappa shape index (κ1) is 24.0. The highest BCUT2D eigenvalue weighted by atomic mass is 127. The molecule has 0 saturated carbocycles. The van der Waals surface area contributed by atoms with Gasteiger partial charge in [-0.05, 0) is 31.0 Å². The molecule has 9 heteroatoms. The van der Waals surface area contributed by atoms with Gasteiger partial charge in [0.15, 0.2) is 11.8 Å². The SMILES string of the molecule is C=CCNC(=NCc1nnc(C)n1C)N1CCC(c2cc(OC)cc(OC)c2)C1.I. The third-order valence-electron chi connectivity index (χ3n) is 5.29. The second kappa shape index (κ2) is 11.2. The zero-order chi connectivity index (χ0) is 20.8. The molecular formula is C21H31IN6O2. The number of aromatic nitrogens is 3. The molecule has 1 fully saturated rings. The first-order valence-corrected chi connectivity index (χ1v) is 9.77. The molecule has 2 heterocycles. The summed E-state index contributed by atoms with van der Waals surface area (Å²) in [5, 5.41) is 11.7. The zero-order valence-corrected chi connectivity index (χ0v) is 20.4. The zero-order valence-electron chi connectivity index (χ0n) is 18.1. The number of likely N-dealkylation sites (tertiary alicyclic amines) is 1. The molecule has 164 valence electrons. The Labute approximate surface area is 195 Å². The molecule has 1 aromatic carbocycles. The normalized spacial score (nSPS) is 16.2. The molecule has 0 radical (unpaired) electrons. The van der Waals surface area contributed by atoms with Crippen LogP contribution in [0.3, 0.4) is 0 Å². The van der Waals surface area contributed by atoms with Gasteiger partial charge in [-0.1, -0.05) is 6.08 Å². The number of methoxy groups -OCH3 is 2. The van der Waals surface area contributed by atoms with E-state index < -0.39 is 0 Å². The van der Waals surface area contributed by atoms with Crippen LogP contribution >= 0.6 is 24.0 Å². The van der Waals surface area contributed by atoms with Crippen molar-refractivity contribution in [2.75, 3.05) is 33.9 Å². The van der Waals surface area contributed by atoms with Gasteiger partial charge in [0.05, 0.1) is 14.2 Å². The number of aliphatic imine (C=N–C) groups is 1. The summed E-state index contributed by atoms with van der Waals surface area (Å²) >= 11 is 0. The average Bonchev–Trinajstić information content (AvgIpc) is 3.36. The van der Waals surface area contributed by atoms with Gasteiger partial charge in [0.1, 0.15) is 23.9 Å². The molecule has 1 saturated heterocycles. The van der Waals surface area contributed by atoms with Gasteiger partial charge in [-0.2, -0.15) is 0 Å². The molecule has 0 aliphatic carbocycles. The minimum Gasteiger partial charge on any atom is -0.497 e. The number of hydrogen-bond donors (Lipinski definition) is 1. The number of aryl methyl sites for hydroxylation is 1. The second-order valence-electron chi connectivity index (χ2n) is 7.11. The predicted molar refractivity (Wildman–Crippen MR) is 129 cm³/mol. The van der Waals surface area contributed by atoms with E-state index in [2.05, 4.69) is 39.1 Å². The van der Waals surface area contributed by atoms with Crippen LogP contribution in [0, 0.1) is 6.92 Å². The van der Waals surface area contributed by atoms with Crippen LogP contribution < -0.4 is 14.8 Å². The quantitative estimate of drug-likeness (QED) is 0.259. The number of nitrogens with zero attached hydrogens (tertiary/aromatic N) is 5. The predicted octanol–water partition coefficient (Wildman–Crippen LogP) is 2.88. The van der Waals surface area contributed by atoms with Crippen molar-refractivity contribution in [1.29, 1.82) is 0 Å². The molecule has 8 nitrogen and oxygen atoms in total. The molecule has 2 aromatic rings. The summed E-state index contributed by atoms with van der Waals surface area (Å²) < 4.78 is 12.8. The molecule has 30 heavy (non-hydrogen) atoms. The fourth-order valence-electron chi connectivity index (χ4n) is 3.46. The second-order valence-corrected chi connectivity index (χ2v) is 7.11. The van der Waals surface area contributed by atoms with Crippen molar-refractivity contribution in [3.63, 3.8) is 0 Å². The first-order valence-electron chi connectivity index (χ1n) is 9.77. The summed E-state index contributed by atoms with van der Waals surface area (Å²) in [5.74, 6) is 4.59. The van der Waals surface area contributed by atoms with Crippen LogP contribution in [0.25, 0.3) is 0 Å².